The van der Waals surface area contributed by atoms with Gasteiger partial charge in [0.1, 0.15) is 0 Å². The maximum Gasteiger partial charge on any atom is 0.224 e. The number of anilines is 2. The average Bonchev–Trinajstić information content (AvgIpc) is 2.89. The summed E-state index contributed by atoms with van der Waals surface area (Å²) in [5, 5.41) is 4.73. The lowest BCUT2D eigenvalue weighted by Gasteiger charge is -2.41. The van der Waals surface area contributed by atoms with Gasteiger partial charge in [0.05, 0.1) is 11.7 Å². The minimum absolute atomic E-state index is 0.0223. The van der Waals surface area contributed by atoms with Crippen molar-refractivity contribution in [1.29, 1.82) is 0 Å². The van der Waals surface area contributed by atoms with Crippen LogP contribution in [0.3, 0.4) is 0 Å². The van der Waals surface area contributed by atoms with Crippen LogP contribution in [0.5, 0.6) is 0 Å². The molecule has 0 saturated heterocycles. The van der Waals surface area contributed by atoms with E-state index in [0.717, 1.165) is 53.0 Å². The van der Waals surface area contributed by atoms with Crippen LogP contribution in [0.25, 0.3) is 16.8 Å². The summed E-state index contributed by atoms with van der Waals surface area (Å²) >= 11 is 0. The highest BCUT2D eigenvalue weighted by atomic mass is 16.1. The van der Waals surface area contributed by atoms with E-state index in [-0.39, 0.29) is 17.9 Å². The summed E-state index contributed by atoms with van der Waals surface area (Å²) in [5.74, 6) is 6.96. The minimum atomic E-state index is -0.0254. The number of carbonyl (C=O) groups is 1. The van der Waals surface area contributed by atoms with Crippen molar-refractivity contribution in [1.82, 2.24) is 5.01 Å². The van der Waals surface area contributed by atoms with Gasteiger partial charge in [-0.25, -0.2) is 5.84 Å². The summed E-state index contributed by atoms with van der Waals surface area (Å²) < 4.78 is 0. The Balaban J connectivity index is 1.58. The van der Waals surface area contributed by atoms with Crippen molar-refractivity contribution in [2.45, 2.75) is 32.2 Å². The molecule has 4 rings (SSSR count). The van der Waals surface area contributed by atoms with Gasteiger partial charge < -0.3 is 21.0 Å². The largest absolute Gasteiger partial charge is 0.397 e. The number of fused-ring (bicyclic) bond motifs is 1. The van der Waals surface area contributed by atoms with Crippen LogP contribution in [0.15, 0.2) is 91.7 Å². The monoisotopic (exact) mass is 495 g/mol. The molecular weight excluding hydrogens is 458 g/mol. The highest BCUT2D eigenvalue weighted by molar-refractivity contribution is 5.91. The molecule has 6 heteroatoms. The predicted molar refractivity (Wildman–Crippen MR) is 154 cm³/mol. The van der Waals surface area contributed by atoms with Crippen molar-refractivity contribution in [3.05, 3.63) is 103 Å². The third-order valence-electron chi connectivity index (χ3n) is 6.89. The van der Waals surface area contributed by atoms with Gasteiger partial charge in [-0.3, -0.25) is 4.79 Å². The normalized spacial score (nSPS) is 17.2. The number of allylic oxidation sites excluding steroid dienone is 1. The van der Waals surface area contributed by atoms with Crippen LogP contribution < -0.4 is 21.8 Å². The maximum absolute atomic E-state index is 12.2. The number of rotatable bonds is 9. The van der Waals surface area contributed by atoms with Gasteiger partial charge in [0.15, 0.2) is 0 Å². The van der Waals surface area contributed by atoms with Crippen LogP contribution in [0.1, 0.15) is 43.4 Å². The van der Waals surface area contributed by atoms with Gasteiger partial charge >= 0.3 is 0 Å². The third-order valence-corrected chi connectivity index (χ3v) is 6.89. The average molecular weight is 496 g/mol. The molecule has 6 nitrogen and oxygen atoms in total. The number of nitrogens with one attached hydrogen (secondary N) is 1. The molecule has 3 aromatic rings. The van der Waals surface area contributed by atoms with E-state index in [1.54, 1.807) is 5.01 Å². The fraction of sp³-hybridized carbons (Fsp3) is 0.258. The molecule has 5 N–H and O–H groups in total. The molecule has 1 amide bonds. The summed E-state index contributed by atoms with van der Waals surface area (Å²) in [4.78, 5) is 14.4. The number of unbranched alkanes of at least 4 members (excludes halogenated alkanes) is 1. The number of hydrogen-bond donors (Lipinski definition) is 3. The Morgan fingerprint density at radius 1 is 1.11 bits per heavy atom. The van der Waals surface area contributed by atoms with Gasteiger partial charge in [0, 0.05) is 43.2 Å². The molecule has 1 unspecified atom stereocenters. The van der Waals surface area contributed by atoms with Gasteiger partial charge in [-0.05, 0) is 59.7 Å². The Hall–Kier alpha value is -4.03. The number of amides is 1. The molecule has 3 aromatic carbocycles. The smallest absolute Gasteiger partial charge is 0.224 e. The molecule has 37 heavy (non-hydrogen) atoms. The second-order valence-corrected chi connectivity index (χ2v) is 9.78. The zero-order chi connectivity index (χ0) is 26.4. The fourth-order valence-corrected chi connectivity index (χ4v) is 5.03. The molecule has 1 aliphatic heterocycles. The van der Waals surface area contributed by atoms with Crippen LogP contribution in [-0.2, 0) is 4.79 Å². The lowest BCUT2D eigenvalue weighted by Crippen LogP contribution is -2.43. The molecule has 0 fully saturated rings. The second kappa shape index (κ2) is 11.8. The Labute approximate surface area is 220 Å². The topological polar surface area (TPSA) is 87.6 Å². The Morgan fingerprint density at radius 2 is 1.81 bits per heavy atom. The number of nitrogens with zero attached hydrogens (tertiary/aromatic N) is 2. The zero-order valence-corrected chi connectivity index (χ0v) is 21.7. The van der Waals surface area contributed by atoms with Gasteiger partial charge in [-0.15, -0.1) is 6.58 Å². The van der Waals surface area contributed by atoms with Crippen molar-refractivity contribution >= 4 is 23.0 Å². The molecule has 0 bridgehead atoms. The SMILES string of the molecule is C=CCCCC(=O)Nc1ccc(-c2ccc3c(c2)C(N(N)/C=C(\N)c2ccccc2)[C@H](C)CN3C)cc1. The number of carbonyl (C=O) groups excluding carboxylic acids is 1. The molecule has 192 valence electrons. The Kier molecular flexibility index (Phi) is 8.31. The van der Waals surface area contributed by atoms with E-state index >= 15 is 0 Å². The van der Waals surface area contributed by atoms with Crippen molar-refractivity contribution < 1.29 is 4.79 Å². The first-order valence-corrected chi connectivity index (χ1v) is 12.8. The lowest BCUT2D eigenvalue weighted by molar-refractivity contribution is -0.116. The Bertz CT molecular complexity index is 1250. The first-order chi connectivity index (χ1) is 17.9. The number of hydrazine groups is 1. The van der Waals surface area contributed by atoms with Gasteiger partial charge in [0.2, 0.25) is 5.91 Å². The molecule has 1 aliphatic rings. The first-order valence-electron chi connectivity index (χ1n) is 12.8. The number of nitrogens with two attached hydrogens (primary N) is 2. The molecular formula is C31H37N5O. The molecule has 0 spiro atoms. The third kappa shape index (κ3) is 6.22. The van der Waals surface area contributed by atoms with Gasteiger partial charge in [0.25, 0.3) is 0 Å². The van der Waals surface area contributed by atoms with Crippen molar-refractivity contribution in [3.8, 4) is 11.1 Å². The fourth-order valence-electron chi connectivity index (χ4n) is 5.03. The van der Waals surface area contributed by atoms with E-state index in [1.807, 2.05) is 66.9 Å². The summed E-state index contributed by atoms with van der Waals surface area (Å²) in [6.45, 7) is 6.81. The van der Waals surface area contributed by atoms with Crippen LogP contribution in [0.2, 0.25) is 0 Å². The molecule has 1 heterocycles. The summed E-state index contributed by atoms with van der Waals surface area (Å²) in [6, 6.07) is 24.4. The quantitative estimate of drug-likeness (QED) is 0.149. The Morgan fingerprint density at radius 3 is 2.51 bits per heavy atom. The van der Waals surface area contributed by atoms with Crippen molar-refractivity contribution in [2.75, 3.05) is 23.8 Å². The van der Waals surface area contributed by atoms with Crippen LogP contribution >= 0.6 is 0 Å². The molecule has 0 saturated carbocycles. The highest BCUT2D eigenvalue weighted by Gasteiger charge is 2.32. The lowest BCUT2D eigenvalue weighted by atomic mass is 9.86. The zero-order valence-electron chi connectivity index (χ0n) is 21.7. The standard InChI is InChI=1S/C31H37N5O/c1-4-5-7-12-30(37)34-26-16-13-23(14-17-26)25-15-18-29-27(19-25)31(22(2)20-35(29)3)36(33)21-28(32)24-10-8-6-9-11-24/h4,6,8-11,13-19,21-22,31H,1,5,7,12,20,32-33H2,2-3H3,(H,34,37)/b28-21-/t22-,31?/m1/s1. The van der Waals surface area contributed by atoms with E-state index in [1.165, 1.54) is 0 Å². The summed E-state index contributed by atoms with van der Waals surface area (Å²) in [7, 11) is 2.12. The van der Waals surface area contributed by atoms with Crippen LogP contribution in [-0.4, -0.2) is 24.5 Å². The summed E-state index contributed by atoms with van der Waals surface area (Å²) in [6.07, 6.45) is 5.81. The molecule has 0 aromatic heterocycles. The second-order valence-electron chi connectivity index (χ2n) is 9.78. The van der Waals surface area contributed by atoms with Crippen molar-refractivity contribution in [2.24, 2.45) is 17.5 Å². The number of hydrogen-bond acceptors (Lipinski definition) is 5. The van der Waals surface area contributed by atoms with E-state index in [0.29, 0.717) is 12.1 Å². The minimum Gasteiger partial charge on any atom is -0.397 e. The van der Waals surface area contributed by atoms with Crippen LogP contribution in [0, 0.1) is 5.92 Å². The van der Waals surface area contributed by atoms with E-state index < -0.39 is 0 Å². The van der Waals surface area contributed by atoms with E-state index in [2.05, 4.69) is 49.0 Å². The van der Waals surface area contributed by atoms with E-state index in [9.17, 15) is 4.79 Å². The molecule has 2 atom stereocenters. The highest BCUT2D eigenvalue weighted by Crippen LogP contribution is 2.41. The first kappa shape index (κ1) is 26.0. The maximum atomic E-state index is 12.2. The predicted octanol–water partition coefficient (Wildman–Crippen LogP) is 5.91. The van der Waals surface area contributed by atoms with Gasteiger partial charge in [-0.1, -0.05) is 61.5 Å². The van der Waals surface area contributed by atoms with Crippen LogP contribution in [0.4, 0.5) is 11.4 Å². The summed E-state index contributed by atoms with van der Waals surface area (Å²) in [5.41, 5.74) is 13.3. The van der Waals surface area contributed by atoms with Gasteiger partial charge in [-0.2, -0.15) is 0 Å². The molecule has 0 radical (unpaired) electrons. The molecule has 0 aliphatic carbocycles. The van der Waals surface area contributed by atoms with Crippen molar-refractivity contribution in [3.63, 3.8) is 0 Å². The number of benzene rings is 3. The van der Waals surface area contributed by atoms with E-state index in [4.69, 9.17) is 11.6 Å².